The summed E-state index contributed by atoms with van der Waals surface area (Å²) in [5, 5.41) is 2.97. The van der Waals surface area contributed by atoms with Gasteiger partial charge in [0.2, 0.25) is 5.91 Å². The number of nitrogens with zero attached hydrogens (tertiary/aromatic N) is 2. The highest BCUT2D eigenvalue weighted by atomic mass is 16.2. The summed E-state index contributed by atoms with van der Waals surface area (Å²) in [6.07, 6.45) is 2.00. The summed E-state index contributed by atoms with van der Waals surface area (Å²) in [5.74, 6) is 0.0667. The predicted octanol–water partition coefficient (Wildman–Crippen LogP) is 2.17. The largest absolute Gasteiger partial charge is 0.356 e. The maximum absolute atomic E-state index is 12.0. The summed E-state index contributed by atoms with van der Waals surface area (Å²) < 4.78 is 3.29. The van der Waals surface area contributed by atoms with Gasteiger partial charge >= 0.3 is 5.69 Å². The Morgan fingerprint density at radius 1 is 0.920 bits per heavy atom. The Kier molecular flexibility index (Phi) is 5.03. The Labute approximate surface area is 146 Å². The van der Waals surface area contributed by atoms with Gasteiger partial charge in [0.1, 0.15) is 0 Å². The van der Waals surface area contributed by atoms with Crippen LogP contribution in [0.15, 0.2) is 53.3 Å². The molecule has 0 unspecified atom stereocenters. The highest BCUT2D eigenvalue weighted by Gasteiger charge is 2.08. The molecule has 0 atom stereocenters. The summed E-state index contributed by atoms with van der Waals surface area (Å²) in [4.78, 5) is 23.9. The van der Waals surface area contributed by atoms with Crippen LogP contribution in [-0.4, -0.2) is 21.6 Å². The van der Waals surface area contributed by atoms with Gasteiger partial charge in [-0.3, -0.25) is 13.9 Å². The van der Waals surface area contributed by atoms with Gasteiger partial charge in [-0.25, -0.2) is 4.79 Å². The lowest BCUT2D eigenvalue weighted by molar-refractivity contribution is -0.121. The molecular weight excluding hydrogens is 314 g/mol. The fourth-order valence-corrected chi connectivity index (χ4v) is 3.05. The topological polar surface area (TPSA) is 56.0 Å². The van der Waals surface area contributed by atoms with E-state index < -0.39 is 0 Å². The Morgan fingerprint density at radius 3 is 2.40 bits per heavy atom. The van der Waals surface area contributed by atoms with Crippen LogP contribution in [0.25, 0.3) is 11.0 Å². The van der Waals surface area contributed by atoms with E-state index in [1.165, 1.54) is 5.56 Å². The molecule has 0 bridgehead atoms. The number of rotatable bonds is 6. The predicted molar refractivity (Wildman–Crippen MR) is 99.6 cm³/mol. The van der Waals surface area contributed by atoms with E-state index in [2.05, 4.69) is 5.32 Å². The van der Waals surface area contributed by atoms with Crippen molar-refractivity contribution in [3.63, 3.8) is 0 Å². The molecule has 25 heavy (non-hydrogen) atoms. The third kappa shape index (κ3) is 3.82. The average Bonchev–Trinajstić information content (AvgIpc) is 2.85. The second kappa shape index (κ2) is 7.38. The zero-order valence-corrected chi connectivity index (χ0v) is 14.7. The Hall–Kier alpha value is -2.82. The summed E-state index contributed by atoms with van der Waals surface area (Å²) in [7, 11) is 3.55. The van der Waals surface area contributed by atoms with Crippen molar-refractivity contribution in [1.82, 2.24) is 14.5 Å². The molecule has 0 fully saturated rings. The SMILES string of the molecule is Cn1c(=O)n(C)c2cc(CCNC(=O)CCc3ccccc3)ccc21. The van der Waals surface area contributed by atoms with Crippen LogP contribution in [0.2, 0.25) is 0 Å². The summed E-state index contributed by atoms with van der Waals surface area (Å²) in [6, 6.07) is 16.0. The van der Waals surface area contributed by atoms with E-state index in [1.807, 2.05) is 48.5 Å². The molecular formula is C20H23N3O2. The van der Waals surface area contributed by atoms with Gasteiger partial charge in [-0.2, -0.15) is 0 Å². The number of fused-ring (bicyclic) bond motifs is 1. The lowest BCUT2D eigenvalue weighted by Crippen LogP contribution is -2.25. The zero-order chi connectivity index (χ0) is 17.8. The minimum Gasteiger partial charge on any atom is -0.356 e. The number of nitrogens with one attached hydrogen (secondary N) is 1. The Morgan fingerprint density at radius 2 is 1.64 bits per heavy atom. The van der Waals surface area contributed by atoms with Crippen molar-refractivity contribution in [3.05, 3.63) is 70.1 Å². The molecule has 130 valence electrons. The fraction of sp³-hybridized carbons (Fsp3) is 0.300. The van der Waals surface area contributed by atoms with Crippen molar-refractivity contribution in [3.8, 4) is 0 Å². The fourth-order valence-electron chi connectivity index (χ4n) is 3.05. The highest BCUT2D eigenvalue weighted by Crippen LogP contribution is 2.14. The number of aromatic nitrogens is 2. The van der Waals surface area contributed by atoms with Crippen LogP contribution < -0.4 is 11.0 Å². The quantitative estimate of drug-likeness (QED) is 0.749. The first-order valence-electron chi connectivity index (χ1n) is 8.51. The van der Waals surface area contributed by atoms with E-state index in [0.717, 1.165) is 29.4 Å². The molecule has 0 aliphatic heterocycles. The minimum atomic E-state index is -0.0265. The number of imidazole rings is 1. The van der Waals surface area contributed by atoms with Crippen LogP contribution in [0.1, 0.15) is 17.5 Å². The lowest BCUT2D eigenvalue weighted by Gasteiger charge is -2.06. The molecule has 3 aromatic rings. The Balaban J connectivity index is 1.53. The summed E-state index contributed by atoms with van der Waals surface area (Å²) in [5.41, 5.74) is 4.09. The highest BCUT2D eigenvalue weighted by molar-refractivity contribution is 5.77. The number of hydrogen-bond acceptors (Lipinski definition) is 2. The van der Waals surface area contributed by atoms with Gasteiger partial charge in [-0.05, 0) is 36.1 Å². The van der Waals surface area contributed by atoms with Crippen LogP contribution in [0.5, 0.6) is 0 Å². The van der Waals surface area contributed by atoms with Gasteiger partial charge < -0.3 is 5.32 Å². The van der Waals surface area contributed by atoms with E-state index in [-0.39, 0.29) is 11.6 Å². The van der Waals surface area contributed by atoms with E-state index in [4.69, 9.17) is 0 Å². The molecule has 1 aromatic heterocycles. The number of amides is 1. The van der Waals surface area contributed by atoms with Crippen LogP contribution >= 0.6 is 0 Å². The van der Waals surface area contributed by atoms with Crippen LogP contribution in [-0.2, 0) is 31.7 Å². The molecule has 0 aliphatic carbocycles. The minimum absolute atomic E-state index is 0.0265. The van der Waals surface area contributed by atoms with E-state index in [1.54, 1.807) is 23.2 Å². The first-order valence-corrected chi connectivity index (χ1v) is 8.51. The van der Waals surface area contributed by atoms with Crippen molar-refractivity contribution in [2.24, 2.45) is 14.1 Å². The average molecular weight is 337 g/mol. The molecule has 0 saturated carbocycles. The first kappa shape index (κ1) is 17.0. The van der Waals surface area contributed by atoms with Gasteiger partial charge in [0.15, 0.2) is 0 Å². The van der Waals surface area contributed by atoms with Gasteiger partial charge in [0.05, 0.1) is 11.0 Å². The number of benzene rings is 2. The molecule has 0 spiro atoms. The van der Waals surface area contributed by atoms with Crippen LogP contribution in [0.4, 0.5) is 0 Å². The molecule has 0 radical (unpaired) electrons. The smallest absolute Gasteiger partial charge is 0.328 e. The maximum Gasteiger partial charge on any atom is 0.328 e. The van der Waals surface area contributed by atoms with Crippen molar-refractivity contribution < 1.29 is 4.79 Å². The standard InChI is InChI=1S/C20H23N3O2/c1-22-17-10-8-16(14-18(17)23(2)20(22)25)12-13-21-19(24)11-9-15-6-4-3-5-7-15/h3-8,10,14H,9,11-13H2,1-2H3,(H,21,24). The number of carbonyl (C=O) groups is 1. The van der Waals surface area contributed by atoms with Gasteiger partial charge in [-0.15, -0.1) is 0 Å². The van der Waals surface area contributed by atoms with Gasteiger partial charge in [0.25, 0.3) is 0 Å². The zero-order valence-electron chi connectivity index (χ0n) is 14.7. The van der Waals surface area contributed by atoms with Crippen LogP contribution in [0.3, 0.4) is 0 Å². The monoisotopic (exact) mass is 337 g/mol. The molecule has 1 heterocycles. The second-order valence-corrected chi connectivity index (χ2v) is 6.31. The lowest BCUT2D eigenvalue weighted by atomic mass is 10.1. The maximum atomic E-state index is 12.0. The molecule has 0 saturated heterocycles. The molecule has 5 heteroatoms. The Bertz CT molecular complexity index is 939. The van der Waals surface area contributed by atoms with E-state index in [0.29, 0.717) is 13.0 Å². The van der Waals surface area contributed by atoms with E-state index in [9.17, 15) is 9.59 Å². The van der Waals surface area contributed by atoms with Crippen molar-refractivity contribution in [2.45, 2.75) is 19.3 Å². The normalized spacial score (nSPS) is 11.0. The number of carbonyl (C=O) groups excluding carboxylic acids is 1. The van der Waals surface area contributed by atoms with Crippen molar-refractivity contribution in [2.75, 3.05) is 6.54 Å². The second-order valence-electron chi connectivity index (χ2n) is 6.31. The number of hydrogen-bond donors (Lipinski definition) is 1. The third-order valence-electron chi connectivity index (χ3n) is 4.56. The van der Waals surface area contributed by atoms with Crippen molar-refractivity contribution in [1.29, 1.82) is 0 Å². The summed E-state index contributed by atoms with van der Waals surface area (Å²) >= 11 is 0. The molecule has 2 aromatic carbocycles. The number of aryl methyl sites for hydroxylation is 3. The first-order chi connectivity index (χ1) is 12.1. The van der Waals surface area contributed by atoms with Gasteiger partial charge in [0, 0.05) is 27.1 Å². The summed E-state index contributed by atoms with van der Waals surface area (Å²) in [6.45, 7) is 0.597. The van der Waals surface area contributed by atoms with Crippen LogP contribution in [0, 0.1) is 0 Å². The molecule has 5 nitrogen and oxygen atoms in total. The molecule has 0 aliphatic rings. The van der Waals surface area contributed by atoms with E-state index >= 15 is 0 Å². The van der Waals surface area contributed by atoms with Crippen molar-refractivity contribution >= 4 is 16.9 Å². The molecule has 1 amide bonds. The molecule has 1 N–H and O–H groups in total. The van der Waals surface area contributed by atoms with Gasteiger partial charge in [-0.1, -0.05) is 36.4 Å². The third-order valence-corrected chi connectivity index (χ3v) is 4.56. The molecule has 3 rings (SSSR count).